The highest BCUT2D eigenvalue weighted by Crippen LogP contribution is 2.15. The molecule has 1 heterocycles. The third-order valence-corrected chi connectivity index (χ3v) is 2.68. The first kappa shape index (κ1) is 15.0. The van der Waals surface area contributed by atoms with E-state index >= 15 is 0 Å². The van der Waals surface area contributed by atoms with Crippen LogP contribution in [0.5, 0.6) is 0 Å². The fraction of sp³-hybridized carbons (Fsp3) is 0.333. The van der Waals surface area contributed by atoms with Gasteiger partial charge in [0.05, 0.1) is 11.4 Å². The van der Waals surface area contributed by atoms with Crippen LogP contribution in [0.2, 0.25) is 0 Å². The Hall–Kier alpha value is -2.10. The van der Waals surface area contributed by atoms with E-state index in [-0.39, 0.29) is 6.61 Å². The largest absolute Gasteiger partial charge is 0.456 e. The number of esters is 1. The Morgan fingerprint density at radius 2 is 2.11 bits per heavy atom. The zero-order chi connectivity index (χ0) is 14.4. The summed E-state index contributed by atoms with van der Waals surface area (Å²) in [5.74, 6) is 0.478. The predicted molar refractivity (Wildman–Crippen MR) is 75.7 cm³/mol. The van der Waals surface area contributed by atoms with E-state index in [4.69, 9.17) is 4.74 Å². The van der Waals surface area contributed by atoms with Crippen LogP contribution in [0.1, 0.15) is 24.1 Å². The van der Waals surface area contributed by atoms with Gasteiger partial charge in [-0.3, -0.25) is 0 Å². The second-order valence-corrected chi connectivity index (χ2v) is 4.30. The molecule has 1 aromatic rings. The number of hydrogen-bond acceptors (Lipinski definition) is 3. The monoisotopic (exact) mass is 260 g/mol. The van der Waals surface area contributed by atoms with E-state index in [1.807, 2.05) is 11.5 Å². The van der Waals surface area contributed by atoms with Crippen LogP contribution in [0.3, 0.4) is 0 Å². The lowest BCUT2D eigenvalue weighted by molar-refractivity contribution is -0.140. The minimum absolute atomic E-state index is 0.184. The van der Waals surface area contributed by atoms with E-state index in [1.54, 1.807) is 19.1 Å². The van der Waals surface area contributed by atoms with Gasteiger partial charge in [-0.2, -0.15) is 0 Å². The average Bonchev–Trinajstić information content (AvgIpc) is 2.64. The van der Waals surface area contributed by atoms with Gasteiger partial charge < -0.3 is 9.30 Å². The summed E-state index contributed by atoms with van der Waals surface area (Å²) >= 11 is 0. The SMILES string of the molecule is C=CCc1nc(C)n(CC=C)c1COC(=O)C(=C)C. The second-order valence-electron chi connectivity index (χ2n) is 4.30. The van der Waals surface area contributed by atoms with E-state index in [2.05, 4.69) is 24.7 Å². The van der Waals surface area contributed by atoms with Crippen LogP contribution in [0.4, 0.5) is 0 Å². The number of allylic oxidation sites excluding steroid dienone is 2. The van der Waals surface area contributed by atoms with Crippen LogP contribution in [0.15, 0.2) is 37.5 Å². The molecule has 0 N–H and O–H groups in total. The Balaban J connectivity index is 3.00. The van der Waals surface area contributed by atoms with Crippen molar-refractivity contribution in [2.75, 3.05) is 0 Å². The smallest absolute Gasteiger partial charge is 0.333 e. The minimum atomic E-state index is -0.395. The lowest BCUT2D eigenvalue weighted by atomic mass is 10.2. The maximum absolute atomic E-state index is 11.5. The van der Waals surface area contributed by atoms with Crippen molar-refractivity contribution in [3.8, 4) is 0 Å². The molecule has 0 unspecified atom stereocenters. The van der Waals surface area contributed by atoms with Crippen LogP contribution in [-0.4, -0.2) is 15.5 Å². The van der Waals surface area contributed by atoms with E-state index in [0.29, 0.717) is 18.5 Å². The van der Waals surface area contributed by atoms with Gasteiger partial charge in [-0.25, -0.2) is 9.78 Å². The maximum Gasteiger partial charge on any atom is 0.333 e. The number of imidazole rings is 1. The number of hydrogen-bond donors (Lipinski definition) is 0. The van der Waals surface area contributed by atoms with Gasteiger partial charge >= 0.3 is 5.97 Å². The van der Waals surface area contributed by atoms with Gasteiger partial charge in [-0.05, 0) is 13.8 Å². The third-order valence-electron chi connectivity index (χ3n) is 2.68. The van der Waals surface area contributed by atoms with Crippen molar-refractivity contribution in [1.29, 1.82) is 0 Å². The van der Waals surface area contributed by atoms with Crippen molar-refractivity contribution in [2.24, 2.45) is 0 Å². The Morgan fingerprint density at radius 3 is 2.63 bits per heavy atom. The van der Waals surface area contributed by atoms with Gasteiger partial charge in [0.2, 0.25) is 0 Å². The molecule has 0 saturated heterocycles. The zero-order valence-electron chi connectivity index (χ0n) is 11.6. The summed E-state index contributed by atoms with van der Waals surface area (Å²) < 4.78 is 7.19. The number of carbonyl (C=O) groups is 1. The van der Waals surface area contributed by atoms with Crippen LogP contribution in [0, 0.1) is 6.92 Å². The van der Waals surface area contributed by atoms with Gasteiger partial charge in [-0.15, -0.1) is 13.2 Å². The molecule has 4 nitrogen and oxygen atoms in total. The lowest BCUT2D eigenvalue weighted by Crippen LogP contribution is -2.11. The lowest BCUT2D eigenvalue weighted by Gasteiger charge is -2.10. The van der Waals surface area contributed by atoms with Crippen molar-refractivity contribution in [1.82, 2.24) is 9.55 Å². The van der Waals surface area contributed by atoms with E-state index in [9.17, 15) is 4.79 Å². The van der Waals surface area contributed by atoms with Crippen LogP contribution >= 0.6 is 0 Å². The fourth-order valence-electron chi connectivity index (χ4n) is 1.76. The van der Waals surface area contributed by atoms with Crippen LogP contribution in [0.25, 0.3) is 0 Å². The molecule has 0 fully saturated rings. The van der Waals surface area contributed by atoms with Gasteiger partial charge in [-0.1, -0.05) is 18.7 Å². The summed E-state index contributed by atoms with van der Waals surface area (Å²) in [7, 11) is 0. The van der Waals surface area contributed by atoms with Gasteiger partial charge in [0, 0.05) is 18.5 Å². The zero-order valence-corrected chi connectivity index (χ0v) is 11.6. The average molecular weight is 260 g/mol. The number of ether oxygens (including phenoxy) is 1. The molecule has 0 atom stereocenters. The van der Waals surface area contributed by atoms with Gasteiger partial charge in [0.25, 0.3) is 0 Å². The van der Waals surface area contributed by atoms with Crippen molar-refractivity contribution < 1.29 is 9.53 Å². The summed E-state index contributed by atoms with van der Waals surface area (Å²) in [6.45, 7) is 15.4. The van der Waals surface area contributed by atoms with Gasteiger partial charge in [0.15, 0.2) is 0 Å². The summed E-state index contributed by atoms with van der Waals surface area (Å²) in [5.41, 5.74) is 2.15. The van der Waals surface area contributed by atoms with E-state index in [0.717, 1.165) is 17.2 Å². The summed E-state index contributed by atoms with van der Waals surface area (Å²) in [4.78, 5) is 15.9. The summed E-state index contributed by atoms with van der Waals surface area (Å²) in [6, 6.07) is 0. The van der Waals surface area contributed by atoms with Crippen molar-refractivity contribution in [2.45, 2.75) is 33.4 Å². The van der Waals surface area contributed by atoms with Crippen LogP contribution in [-0.2, 0) is 29.1 Å². The fourth-order valence-corrected chi connectivity index (χ4v) is 1.76. The number of aryl methyl sites for hydroxylation is 1. The second kappa shape index (κ2) is 6.73. The van der Waals surface area contributed by atoms with Crippen molar-refractivity contribution >= 4 is 5.97 Å². The minimum Gasteiger partial charge on any atom is -0.456 e. The highest BCUT2D eigenvalue weighted by Gasteiger charge is 2.15. The summed E-state index contributed by atoms with van der Waals surface area (Å²) in [5, 5.41) is 0. The number of aromatic nitrogens is 2. The molecule has 0 aromatic carbocycles. The predicted octanol–water partition coefficient (Wildman–Crippen LogP) is 2.73. The molecule has 1 aromatic heterocycles. The molecular weight excluding hydrogens is 240 g/mol. The highest BCUT2D eigenvalue weighted by molar-refractivity contribution is 5.86. The van der Waals surface area contributed by atoms with Crippen molar-refractivity contribution in [3.05, 3.63) is 54.7 Å². The molecule has 0 spiro atoms. The molecule has 0 aliphatic rings. The first-order valence-corrected chi connectivity index (χ1v) is 6.10. The molecular formula is C15H20N2O2. The summed E-state index contributed by atoms with van der Waals surface area (Å²) in [6.07, 6.45) is 4.21. The molecule has 0 radical (unpaired) electrons. The Morgan fingerprint density at radius 1 is 1.42 bits per heavy atom. The normalized spacial score (nSPS) is 10.0. The maximum atomic E-state index is 11.5. The van der Waals surface area contributed by atoms with E-state index in [1.165, 1.54) is 0 Å². The topological polar surface area (TPSA) is 44.1 Å². The third kappa shape index (κ3) is 3.68. The number of nitrogens with zero attached hydrogens (tertiary/aromatic N) is 2. The number of rotatable bonds is 7. The highest BCUT2D eigenvalue weighted by atomic mass is 16.5. The van der Waals surface area contributed by atoms with E-state index < -0.39 is 5.97 Å². The molecule has 0 amide bonds. The van der Waals surface area contributed by atoms with Gasteiger partial charge in [0.1, 0.15) is 12.4 Å². The molecule has 0 aliphatic carbocycles. The molecule has 0 bridgehead atoms. The molecule has 1 rings (SSSR count). The quantitative estimate of drug-likeness (QED) is 0.430. The first-order chi connectivity index (χ1) is 9.01. The molecule has 19 heavy (non-hydrogen) atoms. The molecule has 4 heteroatoms. The van der Waals surface area contributed by atoms with Crippen molar-refractivity contribution in [3.63, 3.8) is 0 Å². The molecule has 0 aliphatic heterocycles. The Bertz CT molecular complexity index is 512. The molecule has 102 valence electrons. The number of carbonyl (C=O) groups excluding carboxylic acids is 1. The Kier molecular flexibility index (Phi) is 5.30. The molecule has 0 saturated carbocycles. The first-order valence-electron chi connectivity index (χ1n) is 6.10. The van der Waals surface area contributed by atoms with Crippen LogP contribution < -0.4 is 0 Å². The standard InChI is InChI=1S/C15H20N2O2/c1-6-8-13-14(10-19-15(18)11(3)4)17(9-7-2)12(5)16-13/h6-7H,1-3,8-10H2,4-5H3. The Labute approximate surface area is 114 Å².